The van der Waals surface area contributed by atoms with Gasteiger partial charge in [-0.05, 0) is 26.3 Å². The molecule has 7 heteroatoms. The van der Waals surface area contributed by atoms with Crippen molar-refractivity contribution in [3.05, 3.63) is 59.1 Å². The number of benzene rings is 1. The molecule has 0 aliphatic carbocycles. The number of carbonyl (C=O) groups is 1. The molecule has 1 aliphatic heterocycles. The van der Waals surface area contributed by atoms with Gasteiger partial charge in [-0.2, -0.15) is 5.10 Å². The topological polar surface area (TPSA) is 73.4 Å². The van der Waals surface area contributed by atoms with Crippen LogP contribution in [0.2, 0.25) is 0 Å². The van der Waals surface area contributed by atoms with Gasteiger partial charge < -0.3 is 14.2 Å². The lowest BCUT2D eigenvalue weighted by molar-refractivity contribution is 0.0695. The molecule has 1 atom stereocenters. The van der Waals surface area contributed by atoms with Gasteiger partial charge in [-0.15, -0.1) is 0 Å². The average molecular weight is 394 g/mol. The Kier molecular flexibility index (Phi) is 5.49. The highest BCUT2D eigenvalue weighted by Crippen LogP contribution is 2.28. The highest BCUT2D eigenvalue weighted by Gasteiger charge is 2.28. The van der Waals surface area contributed by atoms with Crippen LogP contribution in [-0.4, -0.2) is 45.5 Å². The first-order valence-electron chi connectivity index (χ1n) is 9.91. The molecule has 1 unspecified atom stereocenters. The number of amides is 1. The Balaban J connectivity index is 1.66. The fraction of sp³-hybridized carbons (Fsp3) is 0.409. The van der Waals surface area contributed by atoms with Gasteiger partial charge in [0.05, 0.1) is 18.8 Å². The summed E-state index contributed by atoms with van der Waals surface area (Å²) in [6.45, 7) is 6.27. The molecule has 0 radical (unpaired) electrons. The lowest BCUT2D eigenvalue weighted by Crippen LogP contribution is -2.36. The molecule has 1 aromatic carbocycles. The van der Waals surface area contributed by atoms with E-state index in [0.29, 0.717) is 31.3 Å². The van der Waals surface area contributed by atoms with E-state index in [4.69, 9.17) is 9.26 Å². The van der Waals surface area contributed by atoms with E-state index in [9.17, 15) is 4.79 Å². The number of hydrogen-bond acceptors (Lipinski definition) is 5. The predicted molar refractivity (Wildman–Crippen MR) is 108 cm³/mol. The van der Waals surface area contributed by atoms with Gasteiger partial charge in [-0.1, -0.05) is 35.5 Å². The van der Waals surface area contributed by atoms with Gasteiger partial charge in [0.1, 0.15) is 17.1 Å². The first kappa shape index (κ1) is 19.4. The molecular weight excluding hydrogens is 368 g/mol. The Morgan fingerprint density at radius 2 is 2.07 bits per heavy atom. The van der Waals surface area contributed by atoms with Crippen LogP contribution >= 0.6 is 0 Å². The predicted octanol–water partition coefficient (Wildman–Crippen LogP) is 3.37. The van der Waals surface area contributed by atoms with Gasteiger partial charge in [-0.25, -0.2) is 0 Å². The average Bonchev–Trinajstić information content (AvgIpc) is 3.43. The molecule has 1 saturated heterocycles. The van der Waals surface area contributed by atoms with Crippen LogP contribution in [0.5, 0.6) is 0 Å². The van der Waals surface area contributed by atoms with E-state index in [2.05, 4.69) is 10.3 Å². The van der Waals surface area contributed by atoms with Gasteiger partial charge in [0.25, 0.3) is 5.91 Å². The fourth-order valence-electron chi connectivity index (χ4n) is 3.82. The van der Waals surface area contributed by atoms with Crippen LogP contribution in [0.15, 0.2) is 40.9 Å². The quantitative estimate of drug-likeness (QED) is 0.641. The number of aromatic nitrogens is 3. The molecule has 2 aromatic heterocycles. The molecule has 152 valence electrons. The molecule has 3 heterocycles. The molecule has 4 rings (SSSR count). The standard InChI is InChI=1S/C22H26N4O3/c1-15-11-20(25(3)23-15)22(27)26(12-17-9-10-28-14-17)13-19-16(2)29-24-21(19)18-7-5-4-6-8-18/h4-8,11,17H,9-10,12-14H2,1-3H3. The van der Waals surface area contributed by atoms with Crippen LogP contribution in [0, 0.1) is 19.8 Å². The molecule has 1 fully saturated rings. The maximum absolute atomic E-state index is 13.4. The molecule has 0 spiro atoms. The number of nitrogens with zero attached hydrogens (tertiary/aromatic N) is 4. The van der Waals surface area contributed by atoms with Gasteiger partial charge >= 0.3 is 0 Å². The summed E-state index contributed by atoms with van der Waals surface area (Å²) in [6, 6.07) is 11.8. The largest absolute Gasteiger partial charge is 0.381 e. The zero-order valence-electron chi connectivity index (χ0n) is 17.1. The lowest BCUT2D eigenvalue weighted by atomic mass is 10.0. The van der Waals surface area contributed by atoms with E-state index in [0.717, 1.165) is 41.3 Å². The highest BCUT2D eigenvalue weighted by molar-refractivity contribution is 5.92. The zero-order chi connectivity index (χ0) is 20.4. The van der Waals surface area contributed by atoms with E-state index in [-0.39, 0.29) is 5.91 Å². The summed E-state index contributed by atoms with van der Waals surface area (Å²) in [6.07, 6.45) is 0.961. The van der Waals surface area contributed by atoms with Crippen molar-refractivity contribution in [2.45, 2.75) is 26.8 Å². The summed E-state index contributed by atoms with van der Waals surface area (Å²) >= 11 is 0. The summed E-state index contributed by atoms with van der Waals surface area (Å²) in [7, 11) is 1.80. The first-order valence-corrected chi connectivity index (χ1v) is 9.91. The minimum Gasteiger partial charge on any atom is -0.381 e. The third-order valence-electron chi connectivity index (χ3n) is 5.39. The SMILES string of the molecule is Cc1cc(C(=O)N(Cc2c(-c3ccccc3)noc2C)CC2CCOC2)n(C)n1. The van der Waals surface area contributed by atoms with Crippen LogP contribution in [-0.2, 0) is 18.3 Å². The minimum atomic E-state index is -0.0420. The van der Waals surface area contributed by atoms with E-state index in [1.165, 1.54) is 0 Å². The van der Waals surface area contributed by atoms with Crippen molar-refractivity contribution in [1.29, 1.82) is 0 Å². The zero-order valence-corrected chi connectivity index (χ0v) is 17.1. The van der Waals surface area contributed by atoms with Crippen molar-refractivity contribution >= 4 is 5.91 Å². The smallest absolute Gasteiger partial charge is 0.272 e. The van der Waals surface area contributed by atoms with Crippen LogP contribution in [0.25, 0.3) is 11.3 Å². The van der Waals surface area contributed by atoms with Crippen LogP contribution in [0.3, 0.4) is 0 Å². The highest BCUT2D eigenvalue weighted by atomic mass is 16.5. The molecule has 0 N–H and O–H groups in total. The molecule has 1 amide bonds. The van der Waals surface area contributed by atoms with Crippen molar-refractivity contribution in [3.8, 4) is 11.3 Å². The second-order valence-corrected chi connectivity index (χ2v) is 7.64. The molecular formula is C22H26N4O3. The van der Waals surface area contributed by atoms with Gasteiger partial charge in [0.15, 0.2) is 0 Å². The molecule has 7 nitrogen and oxygen atoms in total. The van der Waals surface area contributed by atoms with Gasteiger partial charge in [0, 0.05) is 37.2 Å². The summed E-state index contributed by atoms with van der Waals surface area (Å²) in [5, 5.41) is 8.61. The fourth-order valence-corrected chi connectivity index (χ4v) is 3.82. The van der Waals surface area contributed by atoms with Crippen LogP contribution < -0.4 is 0 Å². The van der Waals surface area contributed by atoms with E-state index >= 15 is 0 Å². The van der Waals surface area contributed by atoms with Gasteiger partial charge in [-0.3, -0.25) is 9.48 Å². The second kappa shape index (κ2) is 8.21. The third-order valence-corrected chi connectivity index (χ3v) is 5.39. The van der Waals surface area contributed by atoms with Crippen molar-refractivity contribution < 1.29 is 14.1 Å². The second-order valence-electron chi connectivity index (χ2n) is 7.64. The maximum atomic E-state index is 13.4. The Morgan fingerprint density at radius 1 is 1.28 bits per heavy atom. The summed E-state index contributed by atoms with van der Waals surface area (Å²) in [5.41, 5.74) is 4.10. The number of carbonyl (C=O) groups excluding carboxylic acids is 1. The summed E-state index contributed by atoms with van der Waals surface area (Å²) < 4.78 is 12.7. The maximum Gasteiger partial charge on any atom is 0.272 e. The Hall–Kier alpha value is -2.93. The Bertz CT molecular complexity index is 987. The Labute approximate surface area is 170 Å². The molecule has 3 aromatic rings. The minimum absolute atomic E-state index is 0.0420. The Morgan fingerprint density at radius 3 is 2.72 bits per heavy atom. The normalized spacial score (nSPS) is 16.3. The summed E-state index contributed by atoms with van der Waals surface area (Å²) in [5.74, 6) is 1.01. The van der Waals surface area contributed by atoms with E-state index in [1.807, 2.05) is 55.1 Å². The molecule has 0 saturated carbocycles. The molecule has 1 aliphatic rings. The van der Waals surface area contributed by atoms with Gasteiger partial charge in [0.2, 0.25) is 0 Å². The van der Waals surface area contributed by atoms with Crippen molar-refractivity contribution in [2.24, 2.45) is 13.0 Å². The number of rotatable bonds is 6. The lowest BCUT2D eigenvalue weighted by Gasteiger charge is -2.25. The van der Waals surface area contributed by atoms with E-state index < -0.39 is 0 Å². The molecule has 29 heavy (non-hydrogen) atoms. The van der Waals surface area contributed by atoms with Crippen molar-refractivity contribution in [3.63, 3.8) is 0 Å². The number of ether oxygens (including phenoxy) is 1. The number of aryl methyl sites for hydroxylation is 3. The van der Waals surface area contributed by atoms with E-state index in [1.54, 1.807) is 11.7 Å². The van der Waals surface area contributed by atoms with Crippen LogP contribution in [0.4, 0.5) is 0 Å². The first-order chi connectivity index (χ1) is 14.0. The number of hydrogen-bond donors (Lipinski definition) is 0. The molecule has 0 bridgehead atoms. The summed E-state index contributed by atoms with van der Waals surface area (Å²) in [4.78, 5) is 15.3. The van der Waals surface area contributed by atoms with Crippen molar-refractivity contribution in [2.75, 3.05) is 19.8 Å². The van der Waals surface area contributed by atoms with Crippen molar-refractivity contribution in [1.82, 2.24) is 19.8 Å². The van der Waals surface area contributed by atoms with Crippen LogP contribution in [0.1, 0.15) is 33.9 Å². The third kappa shape index (κ3) is 4.10. The monoisotopic (exact) mass is 394 g/mol.